The van der Waals surface area contributed by atoms with Crippen molar-refractivity contribution < 1.29 is 5.11 Å². The topological polar surface area (TPSA) is 32.3 Å². The van der Waals surface area contributed by atoms with Crippen LogP contribution in [0.25, 0.3) is 0 Å². The number of hydrogen-bond donors (Lipinski definition) is 2. The van der Waals surface area contributed by atoms with Crippen molar-refractivity contribution in [2.24, 2.45) is 0 Å². The summed E-state index contributed by atoms with van der Waals surface area (Å²) in [5, 5.41) is 11.6. The van der Waals surface area contributed by atoms with E-state index < -0.39 is 0 Å². The minimum absolute atomic E-state index is 0.0920. The molecule has 0 aromatic rings. The molecule has 2 nitrogen and oxygen atoms in total. The minimum Gasteiger partial charge on any atom is -0.396 e. The first-order chi connectivity index (χ1) is 3.62. The average molecular weight is 117 g/mol. The van der Waals surface area contributed by atoms with Crippen molar-refractivity contribution >= 4 is 0 Å². The minimum atomic E-state index is 0.0920. The zero-order valence-corrected chi connectivity index (χ0v) is 5.86. The fourth-order valence-corrected chi connectivity index (χ4v) is 0.405. The molecule has 0 bridgehead atoms. The van der Waals surface area contributed by atoms with E-state index >= 15 is 0 Å². The van der Waals surface area contributed by atoms with Crippen molar-refractivity contribution in [2.45, 2.75) is 25.8 Å². The third-order valence-electron chi connectivity index (χ3n) is 1.41. The van der Waals surface area contributed by atoms with Crippen molar-refractivity contribution in [1.29, 1.82) is 0 Å². The van der Waals surface area contributed by atoms with Crippen molar-refractivity contribution in [2.75, 3.05) is 13.7 Å². The third-order valence-corrected chi connectivity index (χ3v) is 1.41. The van der Waals surface area contributed by atoms with Crippen LogP contribution in [-0.4, -0.2) is 24.3 Å². The van der Waals surface area contributed by atoms with Gasteiger partial charge in [0.25, 0.3) is 0 Å². The van der Waals surface area contributed by atoms with E-state index in [0.29, 0.717) is 0 Å². The molecule has 0 fully saturated rings. The molecule has 0 radical (unpaired) electrons. The Bertz CT molecular complexity index is 61.5. The summed E-state index contributed by atoms with van der Waals surface area (Å²) in [6.07, 6.45) is 0.809. The first kappa shape index (κ1) is 7.92. The second kappa shape index (κ2) is 3.05. The predicted octanol–water partition coefficient (Wildman–Crippen LogP) is 0.367. The molecular formula is C6H15NO. The fraction of sp³-hybridized carbons (Fsp3) is 1.00. The third kappa shape index (κ3) is 2.99. The highest BCUT2D eigenvalue weighted by molar-refractivity contribution is 4.73. The summed E-state index contributed by atoms with van der Waals surface area (Å²) in [5.74, 6) is 0. The molecule has 0 aromatic carbocycles. The van der Waals surface area contributed by atoms with Crippen molar-refractivity contribution in [3.8, 4) is 0 Å². The van der Waals surface area contributed by atoms with Gasteiger partial charge in [-0.1, -0.05) is 0 Å². The standard InChI is InChI=1S/C6H15NO/c1-6(2,7-3)4-5-8/h7-8H,4-5H2,1-3H3. The molecule has 0 aliphatic heterocycles. The van der Waals surface area contributed by atoms with Gasteiger partial charge in [-0.05, 0) is 27.3 Å². The van der Waals surface area contributed by atoms with E-state index in [1.807, 2.05) is 7.05 Å². The molecule has 0 aliphatic rings. The van der Waals surface area contributed by atoms with Crippen molar-refractivity contribution in [1.82, 2.24) is 5.32 Å². The first-order valence-electron chi connectivity index (χ1n) is 2.92. The van der Waals surface area contributed by atoms with Gasteiger partial charge in [-0.25, -0.2) is 0 Å². The molecule has 2 N–H and O–H groups in total. The monoisotopic (exact) mass is 117 g/mol. The highest BCUT2D eigenvalue weighted by Crippen LogP contribution is 2.04. The van der Waals surface area contributed by atoms with Crippen LogP contribution >= 0.6 is 0 Å². The highest BCUT2D eigenvalue weighted by Gasteiger charge is 2.11. The van der Waals surface area contributed by atoms with E-state index in [0.717, 1.165) is 6.42 Å². The Labute approximate surface area is 50.9 Å². The number of nitrogens with one attached hydrogen (secondary N) is 1. The van der Waals surface area contributed by atoms with E-state index in [1.54, 1.807) is 0 Å². The van der Waals surface area contributed by atoms with Gasteiger partial charge in [0, 0.05) is 12.1 Å². The first-order valence-corrected chi connectivity index (χ1v) is 2.92. The van der Waals surface area contributed by atoms with Crippen LogP contribution in [0.1, 0.15) is 20.3 Å². The van der Waals surface area contributed by atoms with E-state index in [-0.39, 0.29) is 12.1 Å². The molecule has 50 valence electrons. The van der Waals surface area contributed by atoms with Gasteiger partial charge < -0.3 is 10.4 Å². The van der Waals surface area contributed by atoms with Crippen molar-refractivity contribution in [3.63, 3.8) is 0 Å². The Hall–Kier alpha value is -0.0800. The summed E-state index contributed by atoms with van der Waals surface area (Å²) in [6, 6.07) is 0. The largest absolute Gasteiger partial charge is 0.396 e. The second-order valence-electron chi connectivity index (χ2n) is 2.61. The number of rotatable bonds is 3. The quantitative estimate of drug-likeness (QED) is 0.559. The Morgan fingerprint density at radius 3 is 2.12 bits per heavy atom. The predicted molar refractivity (Wildman–Crippen MR) is 34.8 cm³/mol. The molecule has 2 heteroatoms. The van der Waals surface area contributed by atoms with Gasteiger partial charge in [-0.2, -0.15) is 0 Å². The molecule has 0 spiro atoms. The number of aliphatic hydroxyl groups excluding tert-OH is 1. The normalized spacial score (nSPS) is 12.0. The lowest BCUT2D eigenvalue weighted by molar-refractivity contribution is 0.237. The van der Waals surface area contributed by atoms with Gasteiger partial charge in [0.2, 0.25) is 0 Å². The van der Waals surface area contributed by atoms with Crippen LogP contribution in [0.2, 0.25) is 0 Å². The summed E-state index contributed by atoms with van der Waals surface area (Å²) in [5.41, 5.74) is 0.0920. The van der Waals surface area contributed by atoms with Crippen LogP contribution in [0, 0.1) is 0 Å². The lowest BCUT2D eigenvalue weighted by Gasteiger charge is -2.21. The number of hydrogen-bond acceptors (Lipinski definition) is 2. The van der Waals surface area contributed by atoms with Crippen LogP contribution < -0.4 is 5.32 Å². The van der Waals surface area contributed by atoms with Gasteiger partial charge in [-0.3, -0.25) is 0 Å². The van der Waals surface area contributed by atoms with Crippen LogP contribution in [0.15, 0.2) is 0 Å². The van der Waals surface area contributed by atoms with Gasteiger partial charge in [0.15, 0.2) is 0 Å². The van der Waals surface area contributed by atoms with Crippen LogP contribution in [0.3, 0.4) is 0 Å². The molecule has 0 atom stereocenters. The Morgan fingerprint density at radius 2 is 2.00 bits per heavy atom. The van der Waals surface area contributed by atoms with Crippen molar-refractivity contribution in [3.05, 3.63) is 0 Å². The maximum Gasteiger partial charge on any atom is 0.0448 e. The molecule has 0 aliphatic carbocycles. The van der Waals surface area contributed by atoms with Gasteiger partial charge in [0.1, 0.15) is 0 Å². The van der Waals surface area contributed by atoms with Gasteiger partial charge in [0.05, 0.1) is 0 Å². The maximum absolute atomic E-state index is 8.49. The van der Waals surface area contributed by atoms with Gasteiger partial charge >= 0.3 is 0 Å². The molecule has 0 unspecified atom stereocenters. The lowest BCUT2D eigenvalue weighted by Crippen LogP contribution is -2.36. The molecule has 0 heterocycles. The smallest absolute Gasteiger partial charge is 0.0448 e. The average Bonchev–Trinajstić information content (AvgIpc) is 1.67. The SMILES string of the molecule is CNC(C)(C)CCO. The molecule has 0 rings (SSSR count). The van der Waals surface area contributed by atoms with E-state index in [4.69, 9.17) is 5.11 Å². The number of aliphatic hydroxyl groups is 1. The Morgan fingerprint density at radius 1 is 1.50 bits per heavy atom. The van der Waals surface area contributed by atoms with Crippen LogP contribution in [0.4, 0.5) is 0 Å². The van der Waals surface area contributed by atoms with Crippen LogP contribution in [-0.2, 0) is 0 Å². The molecule has 8 heavy (non-hydrogen) atoms. The molecule has 0 saturated carbocycles. The Balaban J connectivity index is 3.37. The second-order valence-corrected chi connectivity index (χ2v) is 2.61. The molecule has 0 amide bonds. The highest BCUT2D eigenvalue weighted by atomic mass is 16.3. The zero-order valence-electron chi connectivity index (χ0n) is 5.86. The van der Waals surface area contributed by atoms with E-state index in [2.05, 4.69) is 19.2 Å². The zero-order chi connectivity index (χ0) is 6.62. The van der Waals surface area contributed by atoms with Gasteiger partial charge in [-0.15, -0.1) is 0 Å². The Kier molecular flexibility index (Phi) is 3.02. The van der Waals surface area contributed by atoms with Crippen LogP contribution in [0.5, 0.6) is 0 Å². The summed E-state index contributed by atoms with van der Waals surface area (Å²) < 4.78 is 0. The lowest BCUT2D eigenvalue weighted by atomic mass is 10.0. The van der Waals surface area contributed by atoms with E-state index in [9.17, 15) is 0 Å². The molecule has 0 aromatic heterocycles. The summed E-state index contributed by atoms with van der Waals surface area (Å²) in [7, 11) is 1.90. The summed E-state index contributed by atoms with van der Waals surface area (Å²) >= 11 is 0. The molecule has 0 saturated heterocycles. The fourth-order valence-electron chi connectivity index (χ4n) is 0.405. The molecular weight excluding hydrogens is 102 g/mol. The summed E-state index contributed by atoms with van der Waals surface area (Å²) in [4.78, 5) is 0. The summed E-state index contributed by atoms with van der Waals surface area (Å²) in [6.45, 7) is 4.38. The maximum atomic E-state index is 8.49. The van der Waals surface area contributed by atoms with E-state index in [1.165, 1.54) is 0 Å².